The fraction of sp³-hybridized carbons (Fsp3) is 0.500. The molecule has 0 amide bonds. The number of nitrogens with zero attached hydrogens (tertiary/aromatic N) is 1. The second-order valence-electron chi connectivity index (χ2n) is 3.97. The molecule has 2 rings (SSSR count). The van der Waals surface area contributed by atoms with Gasteiger partial charge in [-0.15, -0.1) is 12.4 Å². The van der Waals surface area contributed by atoms with Gasteiger partial charge in [0.15, 0.2) is 0 Å². The van der Waals surface area contributed by atoms with Crippen LogP contribution in [0.4, 0.5) is 4.39 Å². The van der Waals surface area contributed by atoms with Crippen LogP contribution in [0.1, 0.15) is 5.56 Å². The van der Waals surface area contributed by atoms with Crippen molar-refractivity contribution >= 4 is 12.4 Å². The van der Waals surface area contributed by atoms with Crippen LogP contribution in [0.2, 0.25) is 0 Å². The molecule has 1 aliphatic rings. The summed E-state index contributed by atoms with van der Waals surface area (Å²) >= 11 is 0. The Balaban J connectivity index is 0.00000128. The second kappa shape index (κ2) is 6.84. The van der Waals surface area contributed by atoms with Gasteiger partial charge in [-0.2, -0.15) is 0 Å². The van der Waals surface area contributed by atoms with E-state index in [2.05, 4.69) is 10.2 Å². The molecule has 0 unspecified atom stereocenters. The van der Waals surface area contributed by atoms with E-state index in [1.807, 2.05) is 12.1 Å². The first-order valence-electron chi connectivity index (χ1n) is 5.52. The maximum atomic E-state index is 12.7. The third-order valence-corrected chi connectivity index (χ3v) is 2.84. The summed E-state index contributed by atoms with van der Waals surface area (Å²) in [7, 11) is 0. The number of benzene rings is 1. The minimum absolute atomic E-state index is 0. The van der Waals surface area contributed by atoms with E-state index in [1.54, 1.807) is 0 Å². The first kappa shape index (κ1) is 13.4. The Kier molecular flexibility index (Phi) is 5.74. The molecule has 1 aromatic carbocycles. The molecule has 90 valence electrons. The maximum Gasteiger partial charge on any atom is 0.123 e. The Morgan fingerprint density at radius 3 is 2.38 bits per heavy atom. The number of piperazine rings is 1. The summed E-state index contributed by atoms with van der Waals surface area (Å²) in [4.78, 5) is 2.44. The number of hydrogen-bond donors (Lipinski definition) is 1. The van der Waals surface area contributed by atoms with Gasteiger partial charge in [-0.25, -0.2) is 4.39 Å². The Bertz CT molecular complexity index is 296. The Morgan fingerprint density at radius 2 is 1.75 bits per heavy atom. The minimum Gasteiger partial charge on any atom is -0.314 e. The van der Waals surface area contributed by atoms with Crippen LogP contribution in [-0.4, -0.2) is 37.6 Å². The van der Waals surface area contributed by atoms with Gasteiger partial charge in [0, 0.05) is 32.7 Å². The Hall–Kier alpha value is -0.640. The van der Waals surface area contributed by atoms with Crippen LogP contribution in [0, 0.1) is 5.82 Å². The summed E-state index contributed by atoms with van der Waals surface area (Å²) in [6.07, 6.45) is 1.01. The van der Waals surface area contributed by atoms with E-state index in [9.17, 15) is 4.39 Å². The van der Waals surface area contributed by atoms with E-state index < -0.39 is 0 Å². The third kappa shape index (κ3) is 4.08. The van der Waals surface area contributed by atoms with Crippen molar-refractivity contribution < 1.29 is 4.39 Å². The van der Waals surface area contributed by atoms with Crippen molar-refractivity contribution in [2.24, 2.45) is 0 Å². The molecule has 0 bridgehead atoms. The van der Waals surface area contributed by atoms with Crippen LogP contribution in [-0.2, 0) is 6.42 Å². The number of nitrogens with one attached hydrogen (secondary N) is 1. The zero-order valence-electron chi connectivity index (χ0n) is 9.29. The monoisotopic (exact) mass is 244 g/mol. The lowest BCUT2D eigenvalue weighted by Gasteiger charge is -2.27. The van der Waals surface area contributed by atoms with Crippen molar-refractivity contribution in [3.05, 3.63) is 35.6 Å². The number of rotatable bonds is 3. The van der Waals surface area contributed by atoms with Gasteiger partial charge >= 0.3 is 0 Å². The molecular formula is C12H18ClFN2. The highest BCUT2D eigenvalue weighted by Crippen LogP contribution is 2.04. The highest BCUT2D eigenvalue weighted by molar-refractivity contribution is 5.85. The van der Waals surface area contributed by atoms with Crippen molar-refractivity contribution in [3.8, 4) is 0 Å². The average Bonchev–Trinajstić information content (AvgIpc) is 2.30. The largest absolute Gasteiger partial charge is 0.314 e. The van der Waals surface area contributed by atoms with Gasteiger partial charge in [-0.3, -0.25) is 0 Å². The first-order chi connectivity index (χ1) is 7.34. The van der Waals surface area contributed by atoms with Crippen LogP contribution in [0.25, 0.3) is 0 Å². The van der Waals surface area contributed by atoms with Crippen molar-refractivity contribution in [2.75, 3.05) is 32.7 Å². The molecule has 1 fully saturated rings. The molecule has 4 heteroatoms. The topological polar surface area (TPSA) is 15.3 Å². The number of halogens is 2. The highest BCUT2D eigenvalue weighted by atomic mass is 35.5. The van der Waals surface area contributed by atoms with Gasteiger partial charge in [0.1, 0.15) is 5.82 Å². The fourth-order valence-corrected chi connectivity index (χ4v) is 1.87. The molecule has 0 radical (unpaired) electrons. The van der Waals surface area contributed by atoms with E-state index in [-0.39, 0.29) is 18.2 Å². The van der Waals surface area contributed by atoms with Gasteiger partial charge in [0.25, 0.3) is 0 Å². The van der Waals surface area contributed by atoms with E-state index in [0.29, 0.717) is 0 Å². The van der Waals surface area contributed by atoms with Crippen molar-refractivity contribution in [3.63, 3.8) is 0 Å². The first-order valence-corrected chi connectivity index (χ1v) is 5.52. The van der Waals surface area contributed by atoms with Crippen LogP contribution in [0.5, 0.6) is 0 Å². The van der Waals surface area contributed by atoms with E-state index in [4.69, 9.17) is 0 Å². The van der Waals surface area contributed by atoms with E-state index >= 15 is 0 Å². The summed E-state index contributed by atoms with van der Waals surface area (Å²) in [5.41, 5.74) is 1.22. The molecule has 0 aliphatic carbocycles. The molecule has 0 atom stereocenters. The zero-order chi connectivity index (χ0) is 10.5. The predicted molar refractivity (Wildman–Crippen MR) is 66.7 cm³/mol. The lowest BCUT2D eigenvalue weighted by atomic mass is 10.1. The molecule has 1 saturated heterocycles. The summed E-state index contributed by atoms with van der Waals surface area (Å²) in [6, 6.07) is 6.81. The maximum absolute atomic E-state index is 12.7. The molecule has 0 spiro atoms. The van der Waals surface area contributed by atoms with Crippen LogP contribution < -0.4 is 5.32 Å². The van der Waals surface area contributed by atoms with E-state index in [0.717, 1.165) is 39.1 Å². The standard InChI is InChI=1S/C12H17FN2.ClH/c13-12-3-1-11(2-4-12)5-8-15-9-6-14-7-10-15;/h1-4,14H,5-10H2;1H. The van der Waals surface area contributed by atoms with Gasteiger partial charge < -0.3 is 10.2 Å². The Morgan fingerprint density at radius 1 is 1.12 bits per heavy atom. The number of hydrogen-bond acceptors (Lipinski definition) is 2. The molecule has 1 heterocycles. The average molecular weight is 245 g/mol. The fourth-order valence-electron chi connectivity index (χ4n) is 1.87. The van der Waals surface area contributed by atoms with Gasteiger partial charge in [-0.1, -0.05) is 12.1 Å². The van der Waals surface area contributed by atoms with Crippen LogP contribution in [0.15, 0.2) is 24.3 Å². The smallest absolute Gasteiger partial charge is 0.123 e. The molecule has 1 N–H and O–H groups in total. The van der Waals surface area contributed by atoms with Crippen molar-refractivity contribution in [1.82, 2.24) is 10.2 Å². The minimum atomic E-state index is -0.152. The van der Waals surface area contributed by atoms with Gasteiger partial charge in [0.05, 0.1) is 0 Å². The predicted octanol–water partition coefficient (Wildman–Crippen LogP) is 1.70. The Labute approximate surface area is 102 Å². The van der Waals surface area contributed by atoms with Crippen LogP contribution >= 0.6 is 12.4 Å². The summed E-state index contributed by atoms with van der Waals surface area (Å²) in [6.45, 7) is 5.50. The SMILES string of the molecule is Cl.Fc1ccc(CCN2CCNCC2)cc1. The molecule has 0 saturated carbocycles. The summed E-state index contributed by atoms with van der Waals surface area (Å²) < 4.78 is 12.7. The summed E-state index contributed by atoms with van der Waals surface area (Å²) in [5, 5.41) is 3.33. The quantitative estimate of drug-likeness (QED) is 0.871. The van der Waals surface area contributed by atoms with Gasteiger partial charge in [0.2, 0.25) is 0 Å². The summed E-state index contributed by atoms with van der Waals surface area (Å²) in [5.74, 6) is -0.152. The van der Waals surface area contributed by atoms with E-state index in [1.165, 1.54) is 17.7 Å². The van der Waals surface area contributed by atoms with Gasteiger partial charge in [-0.05, 0) is 24.1 Å². The van der Waals surface area contributed by atoms with Crippen molar-refractivity contribution in [1.29, 1.82) is 0 Å². The lowest BCUT2D eigenvalue weighted by molar-refractivity contribution is 0.244. The zero-order valence-corrected chi connectivity index (χ0v) is 10.1. The third-order valence-electron chi connectivity index (χ3n) is 2.84. The molecular weight excluding hydrogens is 227 g/mol. The van der Waals surface area contributed by atoms with Crippen molar-refractivity contribution in [2.45, 2.75) is 6.42 Å². The molecule has 1 aliphatic heterocycles. The van der Waals surface area contributed by atoms with Crippen LogP contribution in [0.3, 0.4) is 0 Å². The molecule has 0 aromatic heterocycles. The molecule has 2 nitrogen and oxygen atoms in total. The molecule has 16 heavy (non-hydrogen) atoms. The molecule has 1 aromatic rings. The lowest BCUT2D eigenvalue weighted by Crippen LogP contribution is -2.44. The normalized spacial score (nSPS) is 16.8. The highest BCUT2D eigenvalue weighted by Gasteiger charge is 2.08. The second-order valence-corrected chi connectivity index (χ2v) is 3.97.